The van der Waals surface area contributed by atoms with Gasteiger partial charge in [-0.2, -0.15) is 0 Å². The van der Waals surface area contributed by atoms with E-state index in [9.17, 15) is 0 Å². The van der Waals surface area contributed by atoms with Crippen LogP contribution in [0.15, 0.2) is 0 Å². The maximum absolute atomic E-state index is 5.82. The largest absolute Gasteiger partial charge is 0.442 e. The van der Waals surface area contributed by atoms with Crippen LogP contribution in [-0.4, -0.2) is 17.8 Å². The normalized spacial score (nSPS) is 17.6. The summed E-state index contributed by atoms with van der Waals surface area (Å²) in [4.78, 5) is 0. The molecule has 0 radical (unpaired) electrons. The number of hydrogen-bond acceptors (Lipinski definition) is 2. The van der Waals surface area contributed by atoms with Crippen molar-refractivity contribution in [3.05, 3.63) is 0 Å². The van der Waals surface area contributed by atoms with Gasteiger partial charge in [0.15, 0.2) is 0 Å². The third-order valence-electron chi connectivity index (χ3n) is 3.16. The Bertz CT molecular complexity index is 402. The molecule has 104 valence electrons. The van der Waals surface area contributed by atoms with Crippen molar-refractivity contribution in [2.24, 2.45) is 5.92 Å². The predicted octanol–water partition coefficient (Wildman–Crippen LogP) is 3.22. The van der Waals surface area contributed by atoms with Gasteiger partial charge in [0.05, 0.1) is 5.92 Å². The standard InChI is InChI=1S/C17H24O2/c1-8-14(5)15(6)18-13-12-17(7,11-4)19-16(9-2)10-3/h1-2,14-16H,10-11H2,3-7H3. The van der Waals surface area contributed by atoms with Gasteiger partial charge in [-0.05, 0) is 39.5 Å². The average Bonchev–Trinajstić information content (AvgIpc) is 2.43. The molecule has 0 aromatic heterocycles. The van der Waals surface area contributed by atoms with E-state index in [-0.39, 0.29) is 18.1 Å². The summed E-state index contributed by atoms with van der Waals surface area (Å²) in [7, 11) is 0. The van der Waals surface area contributed by atoms with Crippen LogP contribution in [0.4, 0.5) is 0 Å². The van der Waals surface area contributed by atoms with Crippen molar-refractivity contribution in [2.75, 3.05) is 0 Å². The van der Waals surface area contributed by atoms with Crippen molar-refractivity contribution < 1.29 is 9.47 Å². The zero-order valence-corrected chi connectivity index (χ0v) is 12.6. The Kier molecular flexibility index (Phi) is 7.83. The van der Waals surface area contributed by atoms with Crippen molar-refractivity contribution in [1.82, 2.24) is 0 Å². The SMILES string of the molecule is C#CC(CC)OC(C)(C#COC(C)C(C)C#C)CC. The monoisotopic (exact) mass is 260 g/mol. The van der Waals surface area contributed by atoms with Crippen LogP contribution in [-0.2, 0) is 9.47 Å². The first-order chi connectivity index (χ1) is 8.92. The zero-order valence-electron chi connectivity index (χ0n) is 12.6. The third-order valence-corrected chi connectivity index (χ3v) is 3.16. The molecule has 4 atom stereocenters. The molecule has 0 saturated carbocycles. The molecular weight excluding hydrogens is 236 g/mol. The second-order valence-corrected chi connectivity index (χ2v) is 4.77. The Labute approximate surface area is 118 Å². The van der Waals surface area contributed by atoms with Gasteiger partial charge in [-0.15, -0.1) is 12.8 Å². The lowest BCUT2D eigenvalue weighted by Crippen LogP contribution is -2.31. The van der Waals surface area contributed by atoms with Gasteiger partial charge in [0.2, 0.25) is 0 Å². The summed E-state index contributed by atoms with van der Waals surface area (Å²) in [6.45, 7) is 9.73. The van der Waals surface area contributed by atoms with E-state index >= 15 is 0 Å². The first-order valence-electron chi connectivity index (χ1n) is 6.70. The van der Waals surface area contributed by atoms with Crippen LogP contribution >= 0.6 is 0 Å². The summed E-state index contributed by atoms with van der Waals surface area (Å²) in [6, 6.07) is 0. The zero-order chi connectivity index (χ0) is 14.9. The maximum atomic E-state index is 5.82. The minimum absolute atomic E-state index is 0.0252. The van der Waals surface area contributed by atoms with Crippen LogP contribution in [0.5, 0.6) is 0 Å². The molecule has 0 spiro atoms. The van der Waals surface area contributed by atoms with E-state index in [1.54, 1.807) is 0 Å². The molecule has 4 unspecified atom stereocenters. The summed E-state index contributed by atoms with van der Waals surface area (Å²) in [5, 5.41) is 0. The molecule has 2 heteroatoms. The van der Waals surface area contributed by atoms with E-state index in [2.05, 4.69) is 23.9 Å². The van der Waals surface area contributed by atoms with Gasteiger partial charge >= 0.3 is 0 Å². The van der Waals surface area contributed by atoms with Gasteiger partial charge in [-0.1, -0.05) is 25.7 Å². The summed E-state index contributed by atoms with van der Waals surface area (Å²) < 4.78 is 11.2. The highest BCUT2D eigenvalue weighted by Crippen LogP contribution is 2.18. The number of terminal acetylenes is 2. The fourth-order valence-corrected chi connectivity index (χ4v) is 1.22. The Morgan fingerprint density at radius 3 is 2.21 bits per heavy atom. The van der Waals surface area contributed by atoms with Crippen LogP contribution in [0.3, 0.4) is 0 Å². The van der Waals surface area contributed by atoms with Crippen LogP contribution in [0.1, 0.15) is 47.5 Å². The molecule has 0 aromatic rings. The van der Waals surface area contributed by atoms with E-state index in [1.165, 1.54) is 0 Å². The topological polar surface area (TPSA) is 18.5 Å². The van der Waals surface area contributed by atoms with E-state index in [0.717, 1.165) is 12.8 Å². The predicted molar refractivity (Wildman–Crippen MR) is 79.0 cm³/mol. The molecule has 0 amide bonds. The van der Waals surface area contributed by atoms with E-state index in [0.29, 0.717) is 0 Å². The van der Waals surface area contributed by atoms with Crippen LogP contribution < -0.4 is 0 Å². The first kappa shape index (κ1) is 17.4. The van der Waals surface area contributed by atoms with Crippen molar-refractivity contribution in [2.45, 2.75) is 65.3 Å². The average molecular weight is 260 g/mol. The second-order valence-electron chi connectivity index (χ2n) is 4.77. The lowest BCUT2D eigenvalue weighted by Gasteiger charge is -2.25. The van der Waals surface area contributed by atoms with Gasteiger partial charge in [0.1, 0.15) is 23.9 Å². The number of ether oxygens (including phenoxy) is 2. The summed E-state index contributed by atoms with van der Waals surface area (Å²) in [5.74, 6) is 8.26. The lowest BCUT2D eigenvalue weighted by atomic mass is 10.0. The molecule has 0 N–H and O–H groups in total. The fraction of sp³-hybridized carbons (Fsp3) is 0.647. The van der Waals surface area contributed by atoms with Gasteiger partial charge < -0.3 is 9.47 Å². The Morgan fingerprint density at radius 1 is 1.16 bits per heavy atom. The fourth-order valence-electron chi connectivity index (χ4n) is 1.22. The smallest absolute Gasteiger partial charge is 0.130 e. The summed E-state index contributed by atoms with van der Waals surface area (Å²) in [6.07, 6.45) is 14.6. The van der Waals surface area contributed by atoms with Crippen molar-refractivity contribution >= 4 is 0 Å². The molecule has 0 heterocycles. The van der Waals surface area contributed by atoms with Gasteiger partial charge in [0.25, 0.3) is 0 Å². The van der Waals surface area contributed by atoms with Gasteiger partial charge in [-0.25, -0.2) is 0 Å². The minimum Gasteiger partial charge on any atom is -0.442 e. The quantitative estimate of drug-likeness (QED) is 0.683. The molecule has 0 bridgehead atoms. The summed E-state index contributed by atoms with van der Waals surface area (Å²) in [5.41, 5.74) is -0.591. The van der Waals surface area contributed by atoms with E-state index in [4.69, 9.17) is 22.3 Å². The molecule has 0 aliphatic heterocycles. The molecule has 0 fully saturated rings. The van der Waals surface area contributed by atoms with Crippen molar-refractivity contribution in [3.63, 3.8) is 0 Å². The highest BCUT2D eigenvalue weighted by Gasteiger charge is 2.23. The molecule has 2 nitrogen and oxygen atoms in total. The Balaban J connectivity index is 4.64. The number of hydrogen-bond donors (Lipinski definition) is 0. The molecule has 0 aliphatic rings. The number of rotatable bonds is 6. The molecule has 0 saturated heterocycles. The Morgan fingerprint density at radius 2 is 1.79 bits per heavy atom. The Hall–Kier alpha value is -1.56. The first-order valence-corrected chi connectivity index (χ1v) is 6.70. The van der Waals surface area contributed by atoms with Gasteiger partial charge in [0, 0.05) is 0 Å². The van der Waals surface area contributed by atoms with E-state index in [1.807, 2.05) is 34.6 Å². The third kappa shape index (κ3) is 6.24. The maximum Gasteiger partial charge on any atom is 0.130 e. The molecule has 0 rings (SSSR count). The highest BCUT2D eigenvalue weighted by atomic mass is 16.5. The summed E-state index contributed by atoms with van der Waals surface area (Å²) >= 11 is 0. The molecule has 0 aromatic carbocycles. The highest BCUT2D eigenvalue weighted by molar-refractivity contribution is 5.11. The van der Waals surface area contributed by atoms with Crippen LogP contribution in [0, 0.1) is 42.6 Å². The minimum atomic E-state index is -0.591. The molecular formula is C17H24O2. The van der Waals surface area contributed by atoms with Crippen molar-refractivity contribution in [1.29, 1.82) is 0 Å². The van der Waals surface area contributed by atoms with Crippen molar-refractivity contribution in [3.8, 4) is 36.7 Å². The molecule has 0 aliphatic carbocycles. The van der Waals surface area contributed by atoms with Crippen LogP contribution in [0.25, 0.3) is 0 Å². The lowest BCUT2D eigenvalue weighted by molar-refractivity contribution is -0.0233. The van der Waals surface area contributed by atoms with Crippen LogP contribution in [0.2, 0.25) is 0 Å². The molecule has 19 heavy (non-hydrogen) atoms. The van der Waals surface area contributed by atoms with Gasteiger partial charge in [-0.3, -0.25) is 0 Å². The van der Waals surface area contributed by atoms with E-state index < -0.39 is 5.60 Å². The second kappa shape index (κ2) is 8.53.